The molecule has 3 N–H and O–H groups in total. The van der Waals surface area contributed by atoms with Crippen LogP contribution in [0.15, 0.2) is 12.4 Å². The summed E-state index contributed by atoms with van der Waals surface area (Å²) in [7, 11) is 0. The van der Waals surface area contributed by atoms with Gasteiger partial charge in [0.15, 0.2) is 5.82 Å². The van der Waals surface area contributed by atoms with E-state index in [2.05, 4.69) is 15.3 Å². The lowest BCUT2D eigenvalue weighted by molar-refractivity contribution is -0.134. The molecule has 2 rings (SSSR count). The molecule has 0 saturated carbocycles. The minimum atomic E-state index is 0.0987. The van der Waals surface area contributed by atoms with Gasteiger partial charge in [0.05, 0.1) is 13.2 Å². The molecule has 1 aromatic heterocycles. The molecule has 0 atom stereocenters. The second-order valence-corrected chi connectivity index (χ2v) is 4.73. The number of morpholine rings is 1. The molecule has 8 heteroatoms. The van der Waals surface area contributed by atoms with Crippen LogP contribution in [0.2, 0.25) is 0 Å². The standard InChI is InChI=1S/C12H17N5O2S/c13-11(20)10-12(16-4-3-14-10)15-2-1-9(18)17-5-7-19-8-6-17/h3-4H,1-2,5-8H2,(H2,13,20)(H,15,16). The molecule has 1 fully saturated rings. The van der Waals surface area contributed by atoms with Crippen molar-refractivity contribution in [2.45, 2.75) is 6.42 Å². The molecule has 1 aromatic rings. The number of carbonyl (C=O) groups is 1. The van der Waals surface area contributed by atoms with Crippen LogP contribution in [-0.2, 0) is 9.53 Å². The Morgan fingerprint density at radius 2 is 2.10 bits per heavy atom. The molecular formula is C12H17N5O2S. The van der Waals surface area contributed by atoms with E-state index in [-0.39, 0.29) is 10.9 Å². The van der Waals surface area contributed by atoms with Crippen LogP contribution in [0, 0.1) is 0 Å². The molecule has 1 amide bonds. The molecule has 0 bridgehead atoms. The van der Waals surface area contributed by atoms with Gasteiger partial charge in [-0.15, -0.1) is 0 Å². The maximum Gasteiger partial charge on any atom is 0.224 e. The Bertz CT molecular complexity index is 490. The lowest BCUT2D eigenvalue weighted by atomic mass is 10.3. The third-order valence-corrected chi connectivity index (χ3v) is 3.12. The second kappa shape index (κ2) is 7.11. The molecule has 0 spiro atoms. The number of hydrogen-bond acceptors (Lipinski definition) is 6. The molecule has 7 nitrogen and oxygen atoms in total. The van der Waals surface area contributed by atoms with Gasteiger partial charge in [0.25, 0.3) is 0 Å². The van der Waals surface area contributed by atoms with Crippen molar-refractivity contribution >= 4 is 28.9 Å². The molecule has 1 aliphatic rings. The smallest absolute Gasteiger partial charge is 0.224 e. The third kappa shape index (κ3) is 3.84. The number of nitrogens with two attached hydrogens (primary N) is 1. The van der Waals surface area contributed by atoms with E-state index in [1.165, 1.54) is 6.20 Å². The summed E-state index contributed by atoms with van der Waals surface area (Å²) in [6, 6.07) is 0. The van der Waals surface area contributed by atoms with Gasteiger partial charge in [-0.3, -0.25) is 4.79 Å². The Morgan fingerprint density at radius 3 is 2.80 bits per heavy atom. The van der Waals surface area contributed by atoms with Crippen LogP contribution in [-0.4, -0.2) is 58.6 Å². The quantitative estimate of drug-likeness (QED) is 0.725. The fraction of sp³-hybridized carbons (Fsp3) is 0.500. The summed E-state index contributed by atoms with van der Waals surface area (Å²) in [6.45, 7) is 2.98. The first kappa shape index (κ1) is 14.6. The Labute approximate surface area is 122 Å². The number of anilines is 1. The Balaban J connectivity index is 1.83. The lowest BCUT2D eigenvalue weighted by Crippen LogP contribution is -2.41. The number of nitrogens with one attached hydrogen (secondary N) is 1. The molecule has 0 radical (unpaired) electrons. The predicted octanol–water partition coefficient (Wildman–Crippen LogP) is -0.228. The topological polar surface area (TPSA) is 93.4 Å². The van der Waals surface area contributed by atoms with Gasteiger partial charge in [-0.25, -0.2) is 9.97 Å². The van der Waals surface area contributed by atoms with Crippen molar-refractivity contribution < 1.29 is 9.53 Å². The summed E-state index contributed by atoms with van der Waals surface area (Å²) in [4.78, 5) is 22.1. The average Bonchev–Trinajstić information content (AvgIpc) is 2.48. The number of aromatic nitrogens is 2. The maximum atomic E-state index is 12.0. The van der Waals surface area contributed by atoms with Crippen molar-refractivity contribution in [1.29, 1.82) is 0 Å². The fourth-order valence-corrected chi connectivity index (χ4v) is 2.06. The second-order valence-electron chi connectivity index (χ2n) is 4.29. The Morgan fingerprint density at radius 1 is 1.40 bits per heavy atom. The normalized spacial score (nSPS) is 14.9. The zero-order chi connectivity index (χ0) is 14.4. The molecule has 108 valence electrons. The van der Waals surface area contributed by atoms with Gasteiger partial charge in [-0.2, -0.15) is 0 Å². The van der Waals surface area contributed by atoms with Crippen LogP contribution in [0.3, 0.4) is 0 Å². The molecule has 2 heterocycles. The third-order valence-electron chi connectivity index (χ3n) is 2.93. The van der Waals surface area contributed by atoms with Crippen molar-refractivity contribution in [3.63, 3.8) is 0 Å². The van der Waals surface area contributed by atoms with E-state index < -0.39 is 0 Å². The Hall–Kier alpha value is -1.80. The van der Waals surface area contributed by atoms with Gasteiger partial charge in [0, 0.05) is 38.4 Å². The number of amides is 1. The van der Waals surface area contributed by atoms with E-state index in [0.717, 1.165) is 0 Å². The van der Waals surface area contributed by atoms with E-state index in [4.69, 9.17) is 22.7 Å². The van der Waals surface area contributed by atoms with Gasteiger partial charge in [-0.05, 0) is 0 Å². The van der Waals surface area contributed by atoms with Crippen LogP contribution in [0.25, 0.3) is 0 Å². The van der Waals surface area contributed by atoms with Crippen molar-refractivity contribution in [2.75, 3.05) is 38.2 Å². The highest BCUT2D eigenvalue weighted by Crippen LogP contribution is 2.08. The number of carbonyl (C=O) groups excluding carboxylic acids is 1. The summed E-state index contributed by atoms with van der Waals surface area (Å²) >= 11 is 4.90. The van der Waals surface area contributed by atoms with Crippen LogP contribution in [0.4, 0.5) is 5.82 Å². The van der Waals surface area contributed by atoms with Gasteiger partial charge in [-0.1, -0.05) is 12.2 Å². The minimum absolute atomic E-state index is 0.0987. The zero-order valence-electron chi connectivity index (χ0n) is 11.0. The van der Waals surface area contributed by atoms with E-state index >= 15 is 0 Å². The zero-order valence-corrected chi connectivity index (χ0v) is 11.9. The molecule has 1 aliphatic heterocycles. The lowest BCUT2D eigenvalue weighted by Gasteiger charge is -2.26. The SMILES string of the molecule is NC(=S)c1nccnc1NCCC(=O)N1CCOCC1. The number of rotatable bonds is 5. The average molecular weight is 295 g/mol. The van der Waals surface area contributed by atoms with Crippen molar-refractivity contribution in [3.8, 4) is 0 Å². The van der Waals surface area contributed by atoms with Crippen LogP contribution >= 0.6 is 12.2 Å². The van der Waals surface area contributed by atoms with Crippen molar-refractivity contribution in [2.24, 2.45) is 5.73 Å². The van der Waals surface area contributed by atoms with Crippen LogP contribution in [0.5, 0.6) is 0 Å². The first-order chi connectivity index (χ1) is 9.68. The molecule has 0 aliphatic carbocycles. The molecule has 1 saturated heterocycles. The summed E-state index contributed by atoms with van der Waals surface area (Å²) in [6.07, 6.45) is 3.46. The summed E-state index contributed by atoms with van der Waals surface area (Å²) in [5.74, 6) is 0.608. The van der Waals surface area contributed by atoms with E-state index in [0.29, 0.717) is 50.8 Å². The predicted molar refractivity (Wildman–Crippen MR) is 78.4 cm³/mol. The van der Waals surface area contributed by atoms with Crippen LogP contribution < -0.4 is 11.1 Å². The van der Waals surface area contributed by atoms with E-state index in [9.17, 15) is 4.79 Å². The first-order valence-corrected chi connectivity index (χ1v) is 6.79. The molecule has 0 aromatic carbocycles. The Kier molecular flexibility index (Phi) is 5.19. The maximum absolute atomic E-state index is 12.0. The summed E-state index contributed by atoms with van der Waals surface area (Å²) < 4.78 is 5.21. The highest BCUT2D eigenvalue weighted by atomic mass is 32.1. The number of thiocarbonyl (C=S) groups is 1. The molecule has 20 heavy (non-hydrogen) atoms. The molecular weight excluding hydrogens is 278 g/mol. The fourth-order valence-electron chi connectivity index (χ4n) is 1.91. The van der Waals surface area contributed by atoms with Crippen LogP contribution in [0.1, 0.15) is 12.1 Å². The van der Waals surface area contributed by atoms with Gasteiger partial charge in [0.2, 0.25) is 5.91 Å². The summed E-state index contributed by atoms with van der Waals surface area (Å²) in [5, 5.41) is 3.04. The largest absolute Gasteiger partial charge is 0.388 e. The van der Waals surface area contributed by atoms with Gasteiger partial charge >= 0.3 is 0 Å². The molecule has 0 unspecified atom stereocenters. The van der Waals surface area contributed by atoms with Gasteiger partial charge < -0.3 is 20.7 Å². The number of ether oxygens (including phenoxy) is 1. The number of nitrogens with zero attached hydrogens (tertiary/aromatic N) is 3. The highest BCUT2D eigenvalue weighted by molar-refractivity contribution is 7.80. The monoisotopic (exact) mass is 295 g/mol. The first-order valence-electron chi connectivity index (χ1n) is 6.38. The van der Waals surface area contributed by atoms with Crippen molar-refractivity contribution in [1.82, 2.24) is 14.9 Å². The summed E-state index contributed by atoms with van der Waals surface area (Å²) in [5.41, 5.74) is 6.01. The van der Waals surface area contributed by atoms with E-state index in [1.807, 2.05) is 0 Å². The minimum Gasteiger partial charge on any atom is -0.388 e. The van der Waals surface area contributed by atoms with E-state index in [1.54, 1.807) is 11.1 Å². The van der Waals surface area contributed by atoms with Gasteiger partial charge in [0.1, 0.15) is 10.7 Å². The number of hydrogen-bond donors (Lipinski definition) is 2. The highest BCUT2D eigenvalue weighted by Gasteiger charge is 2.16. The van der Waals surface area contributed by atoms with Crippen molar-refractivity contribution in [3.05, 3.63) is 18.1 Å².